The summed E-state index contributed by atoms with van der Waals surface area (Å²) in [6.45, 7) is 4.56. The Kier molecular flexibility index (Phi) is 17.9. The zero-order valence-corrected chi connectivity index (χ0v) is 30.7. The van der Waals surface area contributed by atoms with Crippen molar-refractivity contribution >= 4 is 51.9 Å². The molecular weight excluding hydrogens is 719 g/mol. The maximum atomic E-state index is 10.6. The van der Waals surface area contributed by atoms with E-state index in [1.165, 1.54) is 48.5 Å². The molecule has 0 aromatic heterocycles. The molecule has 1 heterocycles. The second-order valence-electron chi connectivity index (χ2n) is 11.6. The molecule has 15 nitrogen and oxygen atoms in total. The van der Waals surface area contributed by atoms with Gasteiger partial charge in [-0.3, -0.25) is 30.3 Å². The van der Waals surface area contributed by atoms with Crippen LogP contribution >= 0.6 is 34.8 Å². The number of nitro groups is 3. The molecule has 0 radical (unpaired) electrons. The van der Waals surface area contributed by atoms with Gasteiger partial charge in [-0.15, -0.1) is 0 Å². The smallest absolute Gasteiger partial charge is 0.271 e. The van der Waals surface area contributed by atoms with Crippen molar-refractivity contribution in [3.05, 3.63) is 100 Å². The third-order valence-electron chi connectivity index (χ3n) is 6.82. The highest BCUT2D eigenvalue weighted by atomic mass is 35.5. The molecule has 0 bridgehead atoms. The Morgan fingerprint density at radius 2 is 1.12 bits per heavy atom. The van der Waals surface area contributed by atoms with E-state index in [0.29, 0.717) is 30.5 Å². The van der Waals surface area contributed by atoms with Crippen LogP contribution in [0.25, 0.3) is 0 Å². The Morgan fingerprint density at radius 1 is 0.700 bits per heavy atom. The van der Waals surface area contributed by atoms with E-state index in [-0.39, 0.29) is 38.2 Å². The van der Waals surface area contributed by atoms with Gasteiger partial charge in [-0.2, -0.15) is 0 Å². The summed E-state index contributed by atoms with van der Waals surface area (Å²) in [5.41, 5.74) is -0.0912. The minimum atomic E-state index is -0.491. The van der Waals surface area contributed by atoms with E-state index >= 15 is 0 Å². The van der Waals surface area contributed by atoms with Crippen LogP contribution in [0.3, 0.4) is 0 Å². The van der Waals surface area contributed by atoms with Crippen molar-refractivity contribution in [2.24, 2.45) is 0 Å². The monoisotopic (exact) mass is 758 g/mol. The molecule has 0 N–H and O–H groups in total. The van der Waals surface area contributed by atoms with E-state index in [0.717, 1.165) is 39.0 Å². The first-order chi connectivity index (χ1) is 23.6. The van der Waals surface area contributed by atoms with Crippen molar-refractivity contribution in [1.82, 2.24) is 14.7 Å². The topological polar surface area (TPSA) is 167 Å². The first-order valence-electron chi connectivity index (χ1n) is 15.3. The zero-order chi connectivity index (χ0) is 37.4. The highest BCUT2D eigenvalue weighted by Gasteiger charge is 2.22. The highest BCUT2D eigenvalue weighted by molar-refractivity contribution is 6.32. The van der Waals surface area contributed by atoms with Gasteiger partial charge in [0.05, 0.1) is 36.4 Å². The second-order valence-corrected chi connectivity index (χ2v) is 12.8. The average Bonchev–Trinajstić information content (AvgIpc) is 3.46. The number of non-ortho nitro benzene ring substituents is 3. The van der Waals surface area contributed by atoms with Crippen LogP contribution in [-0.2, 0) is 0 Å². The molecule has 3 aromatic carbocycles. The predicted octanol–water partition coefficient (Wildman–Crippen LogP) is 7.10. The van der Waals surface area contributed by atoms with Crippen molar-refractivity contribution in [3.8, 4) is 17.2 Å². The lowest BCUT2D eigenvalue weighted by atomic mass is 10.3. The van der Waals surface area contributed by atoms with Gasteiger partial charge in [0.2, 0.25) is 0 Å². The molecule has 1 saturated heterocycles. The minimum absolute atomic E-state index is 0.0223. The van der Waals surface area contributed by atoms with Crippen molar-refractivity contribution in [2.45, 2.75) is 18.9 Å². The van der Waals surface area contributed by atoms with Gasteiger partial charge < -0.3 is 28.9 Å². The summed E-state index contributed by atoms with van der Waals surface area (Å²) in [4.78, 5) is 36.3. The van der Waals surface area contributed by atoms with E-state index in [1.54, 1.807) is 6.07 Å². The van der Waals surface area contributed by atoms with E-state index in [2.05, 4.69) is 9.80 Å². The summed E-state index contributed by atoms with van der Waals surface area (Å²) in [7, 11) is 9.86. The summed E-state index contributed by atoms with van der Waals surface area (Å²) in [6.07, 6.45) is 1.93. The van der Waals surface area contributed by atoms with Gasteiger partial charge in [0.1, 0.15) is 30.0 Å². The van der Waals surface area contributed by atoms with Crippen LogP contribution in [0.5, 0.6) is 17.2 Å². The van der Waals surface area contributed by atoms with Gasteiger partial charge in [0.15, 0.2) is 0 Å². The van der Waals surface area contributed by atoms with Gasteiger partial charge in [-0.1, -0.05) is 34.8 Å². The van der Waals surface area contributed by atoms with Crippen LogP contribution in [0.2, 0.25) is 15.1 Å². The largest absolute Gasteiger partial charge is 0.492 e. The first-order valence-corrected chi connectivity index (χ1v) is 16.4. The van der Waals surface area contributed by atoms with E-state index in [1.807, 2.05) is 40.1 Å². The number of likely N-dealkylation sites (tertiary alicyclic amines) is 1. The summed E-state index contributed by atoms with van der Waals surface area (Å²) >= 11 is 17.7. The fraction of sp³-hybridized carbons (Fsp3) is 0.438. The van der Waals surface area contributed by atoms with Crippen molar-refractivity contribution in [2.75, 3.05) is 74.6 Å². The normalized spacial score (nSPS) is 13.9. The molecule has 18 heteroatoms. The number of nitrogens with zero attached hydrogens (tertiary/aromatic N) is 6. The quantitative estimate of drug-likeness (QED) is 0.0931. The molecule has 3 aromatic rings. The molecule has 274 valence electrons. The van der Waals surface area contributed by atoms with Crippen LogP contribution < -0.4 is 14.2 Å². The molecule has 1 atom stereocenters. The fourth-order valence-electron chi connectivity index (χ4n) is 4.21. The molecule has 1 aliphatic heterocycles. The van der Waals surface area contributed by atoms with Crippen molar-refractivity contribution in [3.63, 3.8) is 0 Å². The van der Waals surface area contributed by atoms with E-state index in [9.17, 15) is 30.3 Å². The maximum Gasteiger partial charge on any atom is 0.271 e. The minimum Gasteiger partial charge on any atom is -0.492 e. The van der Waals surface area contributed by atoms with Gasteiger partial charge in [0.25, 0.3) is 17.1 Å². The first kappa shape index (κ1) is 42.2. The van der Waals surface area contributed by atoms with Crippen LogP contribution in [0, 0.1) is 30.3 Å². The van der Waals surface area contributed by atoms with Crippen molar-refractivity contribution in [1.29, 1.82) is 0 Å². The lowest BCUT2D eigenvalue weighted by Gasteiger charge is -2.14. The molecule has 0 saturated carbocycles. The number of nitro benzene ring substituents is 3. The molecule has 4 rings (SSSR count). The predicted molar refractivity (Wildman–Crippen MR) is 194 cm³/mol. The van der Waals surface area contributed by atoms with Crippen LogP contribution in [0.15, 0.2) is 54.6 Å². The van der Waals surface area contributed by atoms with Crippen molar-refractivity contribution < 1.29 is 29.0 Å². The van der Waals surface area contributed by atoms with E-state index < -0.39 is 14.8 Å². The Morgan fingerprint density at radius 3 is 1.48 bits per heavy atom. The Bertz CT molecular complexity index is 1580. The standard InChI is InChI=1S/C11H13ClN2O3.C11H15ClN2O3.C10H13ClN2O3/c1-13-5-4-9(7-13)17-11-3-2-8(14(15)16)6-10(11)12;1-13(2)6-3-7-17-11-5-4-9(14(15)16)8-10(11)12;1-12(2)5-6-16-10-4-3-8(13(14)15)7-9(10)11/h2-3,6,9H,4-5,7H2,1H3;4-5,8H,3,6-7H2,1-2H3;3-4,7H,5-6H2,1-2H3. The molecule has 1 unspecified atom stereocenters. The maximum absolute atomic E-state index is 10.6. The Balaban J connectivity index is 0.000000260. The van der Waals surface area contributed by atoms with Crippen LogP contribution in [0.4, 0.5) is 17.1 Å². The molecule has 1 aliphatic rings. The molecule has 0 aliphatic carbocycles. The zero-order valence-electron chi connectivity index (χ0n) is 28.4. The summed E-state index contributed by atoms with van der Waals surface area (Å²) in [5, 5.41) is 32.3. The SMILES string of the molecule is CN(C)CCCOc1ccc([N+](=O)[O-])cc1Cl.CN(C)CCOc1ccc([N+](=O)[O-])cc1Cl.CN1CCC(Oc2ccc([N+](=O)[O-])cc2Cl)C1. The third-order valence-corrected chi connectivity index (χ3v) is 7.71. The highest BCUT2D eigenvalue weighted by Crippen LogP contribution is 2.31. The second kappa shape index (κ2) is 21.3. The van der Waals surface area contributed by atoms with Crippen LogP contribution in [-0.4, -0.2) is 110 Å². The lowest BCUT2D eigenvalue weighted by molar-refractivity contribution is -0.385. The third kappa shape index (κ3) is 15.3. The summed E-state index contributed by atoms with van der Waals surface area (Å²) < 4.78 is 16.5. The van der Waals surface area contributed by atoms with E-state index in [4.69, 9.17) is 49.0 Å². The number of ether oxygens (including phenoxy) is 3. The number of hydrogen-bond acceptors (Lipinski definition) is 12. The lowest BCUT2D eigenvalue weighted by Crippen LogP contribution is -2.21. The number of likely N-dealkylation sites (N-methyl/N-ethyl adjacent to an activating group) is 2. The molecule has 1 fully saturated rings. The summed E-state index contributed by atoms with van der Waals surface area (Å²) in [6, 6.07) is 12.6. The van der Waals surface area contributed by atoms with Gasteiger partial charge in [-0.25, -0.2) is 0 Å². The molecule has 50 heavy (non-hydrogen) atoms. The van der Waals surface area contributed by atoms with Gasteiger partial charge in [-0.05, 0) is 66.3 Å². The molecular formula is C32H41Cl3N6O9. The van der Waals surface area contributed by atoms with Gasteiger partial charge in [0, 0.05) is 62.6 Å². The average molecular weight is 760 g/mol. The van der Waals surface area contributed by atoms with Gasteiger partial charge >= 0.3 is 0 Å². The summed E-state index contributed by atoms with van der Waals surface area (Å²) in [5.74, 6) is 1.46. The number of benzene rings is 3. The number of hydrogen-bond donors (Lipinski definition) is 0. The number of halogens is 3. The van der Waals surface area contributed by atoms with Crippen LogP contribution in [0.1, 0.15) is 12.8 Å². The Hall–Kier alpha value is -3.99. The Labute approximate surface area is 305 Å². The molecule has 0 spiro atoms. The fourth-order valence-corrected chi connectivity index (χ4v) is 4.89. The molecule has 0 amide bonds. The number of rotatable bonds is 14.